The van der Waals surface area contributed by atoms with Gasteiger partial charge in [0, 0.05) is 27.8 Å². The second kappa shape index (κ2) is 7.19. The summed E-state index contributed by atoms with van der Waals surface area (Å²) < 4.78 is 12.1. The summed E-state index contributed by atoms with van der Waals surface area (Å²) in [5, 5.41) is 11.0. The molecule has 4 heterocycles. The van der Waals surface area contributed by atoms with Crippen molar-refractivity contribution in [2.24, 2.45) is 0 Å². The molecule has 6 nitrogen and oxygen atoms in total. The maximum Gasteiger partial charge on any atom is 0.343 e. The summed E-state index contributed by atoms with van der Waals surface area (Å²) in [5.41, 5.74) is 5.79. The van der Waals surface area contributed by atoms with Crippen LogP contribution in [0, 0.1) is 0 Å². The zero-order valence-corrected chi connectivity index (χ0v) is 19.9. The molecule has 1 aromatic heterocycles. The number of nitrogens with zero attached hydrogens (tertiary/aromatic N) is 2. The Hall–Kier alpha value is -3.12. The Kier molecular flexibility index (Phi) is 4.73. The standard InChI is InChI=1S/C27H30N2O4/c1-7-17-18-11-16(30)9-10-22(18)28-24-19(17)13-29-15(3)20-14-32-25(31)27(8-2,33-26(4,5)6)21(20)12-23(24)29/h9-12,30H,3,7-8,13-14H2,1-2,4-6H3/t27-/m0/s1. The summed E-state index contributed by atoms with van der Waals surface area (Å²) in [7, 11) is 0. The number of fused-ring (bicyclic) bond motifs is 4. The molecule has 0 radical (unpaired) electrons. The van der Waals surface area contributed by atoms with E-state index in [1.807, 2.05) is 33.8 Å². The molecule has 0 unspecified atom stereocenters. The number of pyridine rings is 1. The molecular weight excluding hydrogens is 416 g/mol. The van der Waals surface area contributed by atoms with E-state index in [1.54, 1.807) is 12.1 Å². The fourth-order valence-corrected chi connectivity index (χ4v) is 5.36. The molecule has 1 N–H and O–H groups in total. The monoisotopic (exact) mass is 446 g/mol. The second-order valence-electron chi connectivity index (χ2n) is 9.90. The Morgan fingerprint density at radius 2 is 2.06 bits per heavy atom. The van der Waals surface area contributed by atoms with Crippen molar-refractivity contribution in [2.45, 2.75) is 65.2 Å². The highest BCUT2D eigenvalue weighted by atomic mass is 16.6. The quantitative estimate of drug-likeness (QED) is 0.669. The molecule has 3 aliphatic heterocycles. The number of aromatic hydroxyl groups is 1. The lowest BCUT2D eigenvalue weighted by Gasteiger charge is -2.44. The molecule has 1 atom stereocenters. The lowest BCUT2D eigenvalue weighted by molar-refractivity contribution is -0.185. The molecule has 0 amide bonds. The highest BCUT2D eigenvalue weighted by Gasteiger charge is 2.52. The lowest BCUT2D eigenvalue weighted by Crippen LogP contribution is -2.52. The van der Waals surface area contributed by atoms with Crippen LogP contribution in [0.5, 0.6) is 5.75 Å². The highest BCUT2D eigenvalue weighted by Crippen LogP contribution is 2.49. The predicted octanol–water partition coefficient (Wildman–Crippen LogP) is 5.00. The molecule has 172 valence electrons. The predicted molar refractivity (Wildman–Crippen MR) is 127 cm³/mol. The first-order valence-corrected chi connectivity index (χ1v) is 11.5. The number of cyclic esters (lactones) is 1. The molecule has 0 spiro atoms. The van der Waals surface area contributed by atoms with Crippen LogP contribution in [0.4, 0.5) is 0 Å². The number of carbonyl (C=O) groups is 1. The van der Waals surface area contributed by atoms with Crippen LogP contribution >= 0.6 is 0 Å². The van der Waals surface area contributed by atoms with Crippen LogP contribution in [0.25, 0.3) is 16.6 Å². The molecule has 33 heavy (non-hydrogen) atoms. The van der Waals surface area contributed by atoms with E-state index in [2.05, 4.69) is 24.5 Å². The first kappa shape index (κ1) is 21.7. The molecule has 0 saturated carbocycles. The van der Waals surface area contributed by atoms with E-state index in [9.17, 15) is 9.90 Å². The lowest BCUT2D eigenvalue weighted by atomic mass is 9.81. The van der Waals surface area contributed by atoms with Crippen LogP contribution in [-0.2, 0) is 27.2 Å². The van der Waals surface area contributed by atoms with Gasteiger partial charge in [-0.1, -0.05) is 20.4 Å². The summed E-state index contributed by atoms with van der Waals surface area (Å²) in [6.07, 6.45) is 3.33. The second-order valence-corrected chi connectivity index (χ2v) is 9.90. The first-order valence-electron chi connectivity index (χ1n) is 11.5. The summed E-state index contributed by atoms with van der Waals surface area (Å²) in [6, 6.07) is 5.31. The minimum Gasteiger partial charge on any atom is -0.508 e. The number of rotatable bonds is 3. The topological polar surface area (TPSA) is 71.9 Å². The fraction of sp³-hybridized carbons (Fsp3) is 0.407. The molecule has 5 rings (SSSR count). The number of aromatic nitrogens is 1. The minimum absolute atomic E-state index is 0.183. The normalized spacial score (nSPS) is 22.2. The van der Waals surface area contributed by atoms with Gasteiger partial charge in [0.1, 0.15) is 12.4 Å². The summed E-state index contributed by atoms with van der Waals surface area (Å²) in [5.74, 6) is -0.121. The van der Waals surface area contributed by atoms with Crippen molar-refractivity contribution >= 4 is 22.6 Å². The Morgan fingerprint density at radius 1 is 1.30 bits per heavy atom. The Bertz CT molecular complexity index is 1280. The number of benzene rings is 1. The Balaban J connectivity index is 1.74. The van der Waals surface area contributed by atoms with Gasteiger partial charge in [-0.3, -0.25) is 0 Å². The molecule has 0 aliphatic carbocycles. The zero-order valence-electron chi connectivity index (χ0n) is 19.9. The average Bonchev–Trinajstić information content (AvgIpc) is 3.12. The third-order valence-corrected chi connectivity index (χ3v) is 6.76. The van der Waals surface area contributed by atoms with Crippen molar-refractivity contribution in [3.63, 3.8) is 0 Å². The fourth-order valence-electron chi connectivity index (χ4n) is 5.36. The highest BCUT2D eigenvalue weighted by molar-refractivity contribution is 5.93. The number of hydrogen-bond acceptors (Lipinski definition) is 6. The van der Waals surface area contributed by atoms with Gasteiger partial charge in [0.25, 0.3) is 0 Å². The van der Waals surface area contributed by atoms with E-state index in [0.29, 0.717) is 13.0 Å². The molecular formula is C27H30N2O4. The van der Waals surface area contributed by atoms with Crippen LogP contribution in [0.3, 0.4) is 0 Å². The van der Waals surface area contributed by atoms with Crippen LogP contribution in [0.15, 0.2) is 47.7 Å². The van der Waals surface area contributed by atoms with Gasteiger partial charge in [0.2, 0.25) is 0 Å². The largest absolute Gasteiger partial charge is 0.508 e. The maximum absolute atomic E-state index is 13.1. The number of phenols is 1. The minimum atomic E-state index is -1.19. The molecule has 0 saturated heterocycles. The van der Waals surface area contributed by atoms with Gasteiger partial charge >= 0.3 is 5.97 Å². The van der Waals surface area contributed by atoms with E-state index in [4.69, 9.17) is 14.5 Å². The third-order valence-electron chi connectivity index (χ3n) is 6.76. The van der Waals surface area contributed by atoms with Gasteiger partial charge in [-0.25, -0.2) is 9.78 Å². The number of aryl methyl sites for hydroxylation is 1. The number of esters is 1. The van der Waals surface area contributed by atoms with Crippen LogP contribution in [0.2, 0.25) is 0 Å². The molecule has 1 aromatic carbocycles. The van der Waals surface area contributed by atoms with Crippen molar-refractivity contribution in [1.29, 1.82) is 0 Å². The van der Waals surface area contributed by atoms with Gasteiger partial charge < -0.3 is 19.5 Å². The van der Waals surface area contributed by atoms with E-state index >= 15 is 0 Å². The van der Waals surface area contributed by atoms with E-state index in [-0.39, 0.29) is 18.3 Å². The van der Waals surface area contributed by atoms with Crippen LogP contribution < -0.4 is 0 Å². The number of ether oxygens (including phenoxy) is 2. The van der Waals surface area contributed by atoms with Crippen molar-refractivity contribution in [2.75, 3.05) is 6.61 Å². The Labute approximate surface area is 194 Å². The van der Waals surface area contributed by atoms with Crippen molar-refractivity contribution in [3.8, 4) is 5.75 Å². The van der Waals surface area contributed by atoms with E-state index < -0.39 is 11.2 Å². The molecule has 2 aromatic rings. The molecule has 3 aliphatic rings. The third kappa shape index (κ3) is 3.11. The van der Waals surface area contributed by atoms with Gasteiger partial charge in [-0.05, 0) is 63.5 Å². The van der Waals surface area contributed by atoms with Gasteiger partial charge in [-0.2, -0.15) is 0 Å². The smallest absolute Gasteiger partial charge is 0.343 e. The average molecular weight is 447 g/mol. The van der Waals surface area contributed by atoms with E-state index in [0.717, 1.165) is 51.1 Å². The van der Waals surface area contributed by atoms with Gasteiger partial charge in [0.05, 0.1) is 29.1 Å². The van der Waals surface area contributed by atoms with Crippen molar-refractivity contribution in [1.82, 2.24) is 9.88 Å². The summed E-state index contributed by atoms with van der Waals surface area (Å²) in [6.45, 7) is 15.1. The van der Waals surface area contributed by atoms with Crippen LogP contribution in [0.1, 0.15) is 57.9 Å². The SMILES string of the molecule is C=C1C2=C(C=C3c4nc5ccc(O)cc5c(CC)c4CN13)[C@](CC)(OC(C)(C)C)C(=O)OC2. The summed E-state index contributed by atoms with van der Waals surface area (Å²) in [4.78, 5) is 20.3. The van der Waals surface area contributed by atoms with Gasteiger partial charge in [-0.15, -0.1) is 0 Å². The molecule has 0 bridgehead atoms. The van der Waals surface area contributed by atoms with Crippen LogP contribution in [-0.4, -0.2) is 38.8 Å². The number of phenolic OH excluding ortho intramolecular Hbond substituents is 1. The molecule has 0 fully saturated rings. The zero-order chi connectivity index (χ0) is 23.7. The maximum atomic E-state index is 13.1. The Morgan fingerprint density at radius 3 is 2.73 bits per heavy atom. The van der Waals surface area contributed by atoms with Crippen molar-refractivity contribution < 1.29 is 19.4 Å². The summed E-state index contributed by atoms with van der Waals surface area (Å²) >= 11 is 0. The molecule has 6 heteroatoms. The number of carbonyl (C=O) groups excluding carboxylic acids is 1. The van der Waals surface area contributed by atoms with Crippen molar-refractivity contribution in [3.05, 3.63) is 64.5 Å². The van der Waals surface area contributed by atoms with Gasteiger partial charge in [0.15, 0.2) is 5.60 Å². The van der Waals surface area contributed by atoms with E-state index in [1.165, 1.54) is 5.56 Å². The number of hydrogen-bond donors (Lipinski definition) is 1. The first-order chi connectivity index (χ1) is 15.6.